The van der Waals surface area contributed by atoms with Crippen LogP contribution in [0.25, 0.3) is 10.2 Å². The second-order valence-electron chi connectivity index (χ2n) is 8.85. The summed E-state index contributed by atoms with van der Waals surface area (Å²) < 4.78 is 29.0. The van der Waals surface area contributed by atoms with Crippen LogP contribution in [0.15, 0.2) is 33.9 Å². The zero-order chi connectivity index (χ0) is 23.8. The first-order chi connectivity index (χ1) is 15.7. The van der Waals surface area contributed by atoms with Crippen molar-refractivity contribution in [1.82, 2.24) is 14.2 Å². The zero-order valence-electron chi connectivity index (χ0n) is 19.4. The summed E-state index contributed by atoms with van der Waals surface area (Å²) in [6, 6.07) is 7.57. The highest BCUT2D eigenvalue weighted by Gasteiger charge is 2.36. The first-order valence-electron chi connectivity index (χ1n) is 11.0. The van der Waals surface area contributed by atoms with Gasteiger partial charge >= 0.3 is 0 Å². The molecule has 1 fully saturated rings. The van der Waals surface area contributed by atoms with Crippen LogP contribution in [0.2, 0.25) is 0 Å². The summed E-state index contributed by atoms with van der Waals surface area (Å²) in [4.78, 5) is 22.4. The van der Waals surface area contributed by atoms with E-state index in [9.17, 15) is 13.2 Å². The quantitative estimate of drug-likeness (QED) is 0.485. The number of hydrogen-bond donors (Lipinski definition) is 0. The number of thiophene rings is 1. The molecule has 0 bridgehead atoms. The predicted octanol–water partition coefficient (Wildman–Crippen LogP) is 3.97. The number of carbonyl (C=O) groups excluding carboxylic acids is 1. The van der Waals surface area contributed by atoms with Crippen molar-refractivity contribution >= 4 is 54.0 Å². The molecule has 3 heterocycles. The molecule has 0 radical (unpaired) electrons. The number of sulfonamides is 1. The van der Waals surface area contributed by atoms with Crippen LogP contribution in [-0.2, 0) is 14.8 Å². The maximum atomic E-state index is 13.8. The minimum absolute atomic E-state index is 0.0450. The molecule has 0 spiro atoms. The fourth-order valence-electron chi connectivity index (χ4n) is 4.19. The van der Waals surface area contributed by atoms with E-state index in [0.717, 1.165) is 15.8 Å². The van der Waals surface area contributed by atoms with Crippen LogP contribution in [-0.4, -0.2) is 68.8 Å². The van der Waals surface area contributed by atoms with Gasteiger partial charge in [0.2, 0.25) is 5.91 Å². The Hall–Kier alpha value is -1.85. The van der Waals surface area contributed by atoms with E-state index < -0.39 is 10.0 Å². The lowest BCUT2D eigenvalue weighted by Crippen LogP contribution is -2.48. The van der Waals surface area contributed by atoms with Gasteiger partial charge in [-0.2, -0.15) is 4.31 Å². The molecule has 3 aromatic rings. The van der Waals surface area contributed by atoms with Gasteiger partial charge in [-0.1, -0.05) is 23.5 Å². The molecule has 7 nitrogen and oxygen atoms in total. The van der Waals surface area contributed by atoms with E-state index in [2.05, 4.69) is 19.1 Å². The average Bonchev–Trinajstić information content (AvgIpc) is 3.44. The molecule has 0 aliphatic carbocycles. The number of aromatic nitrogens is 1. The second kappa shape index (κ2) is 9.79. The lowest BCUT2D eigenvalue weighted by molar-refractivity contribution is -0.123. The van der Waals surface area contributed by atoms with Crippen LogP contribution in [0.3, 0.4) is 0 Å². The molecule has 1 amide bonds. The van der Waals surface area contributed by atoms with Crippen molar-refractivity contribution in [3.8, 4) is 0 Å². The number of anilines is 1. The maximum Gasteiger partial charge on any atom is 0.252 e. The molecule has 33 heavy (non-hydrogen) atoms. The molecule has 1 aliphatic heterocycles. The van der Waals surface area contributed by atoms with Gasteiger partial charge in [0.25, 0.3) is 10.0 Å². The lowest BCUT2D eigenvalue weighted by atomic mass is 9.98. The number of hydrogen-bond acceptors (Lipinski definition) is 7. The van der Waals surface area contributed by atoms with Crippen LogP contribution in [0.4, 0.5) is 5.13 Å². The summed E-state index contributed by atoms with van der Waals surface area (Å²) in [5.74, 6) is -0.429. The minimum atomic E-state index is -3.57. The third kappa shape index (κ3) is 5.14. The van der Waals surface area contributed by atoms with Gasteiger partial charge in [0.05, 0.1) is 16.1 Å². The Kier molecular flexibility index (Phi) is 7.20. The van der Waals surface area contributed by atoms with Gasteiger partial charge in [0.1, 0.15) is 4.21 Å². The standard InChI is InChI=1S/C23H30N4O3S3/c1-16-13-17(2)21-19(14-16)32-23(24-21)27(11-10-25(3)4)22(28)18-7-5-9-26(15-18)33(29,30)20-8-6-12-31-20/h6,8,12-14,18H,5,7,9-11,15H2,1-4H3. The summed E-state index contributed by atoms with van der Waals surface area (Å²) in [6.45, 7) is 5.97. The topological polar surface area (TPSA) is 73.8 Å². The second-order valence-corrected chi connectivity index (χ2v) is 13.0. The molecule has 1 atom stereocenters. The summed E-state index contributed by atoms with van der Waals surface area (Å²) >= 11 is 2.74. The van der Waals surface area contributed by atoms with Crippen molar-refractivity contribution in [2.24, 2.45) is 5.92 Å². The van der Waals surface area contributed by atoms with Crippen molar-refractivity contribution in [2.45, 2.75) is 30.9 Å². The molecule has 178 valence electrons. The Morgan fingerprint density at radius 2 is 2.03 bits per heavy atom. The fraction of sp³-hybridized carbons (Fsp3) is 0.478. The Balaban J connectivity index is 1.62. The van der Waals surface area contributed by atoms with E-state index in [1.165, 1.54) is 32.5 Å². The average molecular weight is 507 g/mol. The van der Waals surface area contributed by atoms with Crippen molar-refractivity contribution < 1.29 is 13.2 Å². The number of nitrogens with zero attached hydrogens (tertiary/aromatic N) is 4. The number of benzene rings is 1. The van der Waals surface area contributed by atoms with Crippen molar-refractivity contribution in [3.63, 3.8) is 0 Å². The number of piperidine rings is 1. The highest BCUT2D eigenvalue weighted by Crippen LogP contribution is 2.34. The SMILES string of the molecule is Cc1cc(C)c2nc(N(CCN(C)C)C(=O)C3CCCN(S(=O)(=O)c4cccs4)C3)sc2c1. The van der Waals surface area contributed by atoms with Gasteiger partial charge in [0.15, 0.2) is 5.13 Å². The number of thiazole rings is 1. The molecule has 10 heteroatoms. The van der Waals surface area contributed by atoms with E-state index >= 15 is 0 Å². The van der Waals surface area contributed by atoms with E-state index in [1.807, 2.05) is 25.9 Å². The number of fused-ring (bicyclic) bond motifs is 1. The van der Waals surface area contributed by atoms with Crippen molar-refractivity contribution in [1.29, 1.82) is 0 Å². The van der Waals surface area contributed by atoms with Crippen molar-refractivity contribution in [2.75, 3.05) is 45.2 Å². The van der Waals surface area contributed by atoms with Crippen LogP contribution in [0, 0.1) is 19.8 Å². The molecule has 0 N–H and O–H groups in total. The monoisotopic (exact) mass is 506 g/mol. The van der Waals surface area contributed by atoms with E-state index in [-0.39, 0.29) is 18.4 Å². The third-order valence-corrected chi connectivity index (χ3v) is 10.2. The zero-order valence-corrected chi connectivity index (χ0v) is 21.9. The van der Waals surface area contributed by atoms with Crippen LogP contribution in [0.5, 0.6) is 0 Å². The van der Waals surface area contributed by atoms with Crippen molar-refractivity contribution in [3.05, 3.63) is 40.8 Å². The first kappa shape index (κ1) is 24.3. The van der Waals surface area contributed by atoms with Gasteiger partial charge in [-0.3, -0.25) is 9.69 Å². The molecule has 1 unspecified atom stereocenters. The van der Waals surface area contributed by atoms with Gasteiger partial charge in [-0.05, 0) is 69.4 Å². The minimum Gasteiger partial charge on any atom is -0.308 e. The molecule has 2 aromatic heterocycles. The largest absolute Gasteiger partial charge is 0.308 e. The van der Waals surface area contributed by atoms with E-state index in [4.69, 9.17) is 4.98 Å². The number of likely N-dealkylation sites (N-methyl/N-ethyl adjacent to an activating group) is 1. The smallest absolute Gasteiger partial charge is 0.252 e. The molecular weight excluding hydrogens is 476 g/mol. The van der Waals surface area contributed by atoms with Crippen LogP contribution in [0.1, 0.15) is 24.0 Å². The Morgan fingerprint density at radius 1 is 1.24 bits per heavy atom. The predicted molar refractivity (Wildman–Crippen MR) is 136 cm³/mol. The lowest BCUT2D eigenvalue weighted by Gasteiger charge is -2.33. The number of aryl methyl sites for hydroxylation is 2. The molecule has 1 aromatic carbocycles. The van der Waals surface area contributed by atoms with Gasteiger partial charge in [-0.15, -0.1) is 11.3 Å². The van der Waals surface area contributed by atoms with Crippen LogP contribution >= 0.6 is 22.7 Å². The third-order valence-electron chi connectivity index (χ3n) is 5.91. The number of rotatable bonds is 7. The normalized spacial score (nSPS) is 17.7. The van der Waals surface area contributed by atoms with Gasteiger partial charge in [0, 0.05) is 26.2 Å². The Morgan fingerprint density at radius 3 is 2.73 bits per heavy atom. The Labute approximate surface area is 203 Å². The van der Waals surface area contributed by atoms with E-state index in [0.29, 0.717) is 41.8 Å². The highest BCUT2D eigenvalue weighted by molar-refractivity contribution is 7.91. The van der Waals surface area contributed by atoms with E-state index in [1.54, 1.807) is 22.4 Å². The molecule has 1 saturated heterocycles. The number of amides is 1. The van der Waals surface area contributed by atoms with Gasteiger partial charge in [-0.25, -0.2) is 13.4 Å². The fourth-order valence-corrected chi connectivity index (χ4v) is 8.04. The molecule has 4 rings (SSSR count). The van der Waals surface area contributed by atoms with Gasteiger partial charge < -0.3 is 4.90 Å². The summed E-state index contributed by atoms with van der Waals surface area (Å²) in [5, 5.41) is 2.45. The number of carbonyl (C=O) groups is 1. The molecular formula is C23H30N4O3S3. The summed E-state index contributed by atoms with van der Waals surface area (Å²) in [7, 11) is 0.381. The first-order valence-corrected chi connectivity index (χ1v) is 14.2. The maximum absolute atomic E-state index is 13.8. The Bertz CT molecular complexity index is 1240. The van der Waals surface area contributed by atoms with Crippen LogP contribution < -0.4 is 4.90 Å². The highest BCUT2D eigenvalue weighted by atomic mass is 32.2. The molecule has 1 aliphatic rings. The summed E-state index contributed by atoms with van der Waals surface area (Å²) in [6.07, 6.45) is 1.34. The summed E-state index contributed by atoms with van der Waals surface area (Å²) in [5.41, 5.74) is 3.19. The molecule has 0 saturated carbocycles.